The maximum Gasteiger partial charge on any atom is 0.341 e. The minimum Gasteiger partial charge on any atom is -0.467 e. The van der Waals surface area contributed by atoms with Gasteiger partial charge in [0.1, 0.15) is 5.60 Å². The van der Waals surface area contributed by atoms with Crippen molar-refractivity contribution in [1.82, 2.24) is 0 Å². The predicted octanol–water partition coefficient (Wildman–Crippen LogP) is 0.642. The van der Waals surface area contributed by atoms with Gasteiger partial charge in [0, 0.05) is 6.42 Å². The van der Waals surface area contributed by atoms with Crippen LogP contribution in [-0.4, -0.2) is 35.4 Å². The number of ether oxygens (including phenoxy) is 2. The van der Waals surface area contributed by atoms with Crippen molar-refractivity contribution in [1.29, 1.82) is 0 Å². The highest BCUT2D eigenvalue weighted by Crippen LogP contribution is 2.40. The van der Waals surface area contributed by atoms with Gasteiger partial charge in [-0.3, -0.25) is 4.79 Å². The molecule has 3 unspecified atom stereocenters. The zero-order chi connectivity index (χ0) is 12.6. The molecule has 1 saturated heterocycles. The lowest BCUT2D eigenvalue weighted by atomic mass is 9.80. The highest BCUT2D eigenvalue weighted by molar-refractivity contribution is 5.83. The van der Waals surface area contributed by atoms with Crippen molar-refractivity contribution in [2.45, 2.75) is 44.8 Å². The molecule has 3 atom stereocenters. The first-order valence-electron chi connectivity index (χ1n) is 5.32. The van der Waals surface area contributed by atoms with Crippen molar-refractivity contribution < 1.29 is 24.2 Å². The SMILES string of the molecule is CCC1CC(C)(C(C)(O)C(=O)OC)OC1=O. The first-order chi connectivity index (χ1) is 7.28. The fourth-order valence-electron chi connectivity index (χ4n) is 1.92. The molecule has 0 amide bonds. The Morgan fingerprint density at radius 3 is 2.69 bits per heavy atom. The van der Waals surface area contributed by atoms with Crippen LogP contribution >= 0.6 is 0 Å². The Balaban J connectivity index is 2.96. The van der Waals surface area contributed by atoms with Gasteiger partial charge in [0.15, 0.2) is 5.60 Å². The van der Waals surface area contributed by atoms with E-state index in [1.807, 2.05) is 6.92 Å². The van der Waals surface area contributed by atoms with Crippen molar-refractivity contribution >= 4 is 11.9 Å². The normalized spacial score (nSPS) is 33.1. The van der Waals surface area contributed by atoms with Crippen LogP contribution in [0.2, 0.25) is 0 Å². The largest absolute Gasteiger partial charge is 0.467 e. The third-order valence-corrected chi connectivity index (χ3v) is 3.40. The van der Waals surface area contributed by atoms with Gasteiger partial charge in [-0.2, -0.15) is 0 Å². The van der Waals surface area contributed by atoms with E-state index in [9.17, 15) is 14.7 Å². The molecule has 0 bridgehead atoms. The standard InChI is InChI=1S/C11H18O5/c1-5-7-6-10(2,16-8(7)12)11(3,14)9(13)15-4/h7,14H,5-6H2,1-4H3. The van der Waals surface area contributed by atoms with Crippen LogP contribution in [0.1, 0.15) is 33.6 Å². The van der Waals surface area contributed by atoms with E-state index in [0.29, 0.717) is 12.8 Å². The summed E-state index contributed by atoms with van der Waals surface area (Å²) in [7, 11) is 1.19. The van der Waals surface area contributed by atoms with Gasteiger partial charge < -0.3 is 14.6 Å². The molecule has 5 nitrogen and oxygen atoms in total. The summed E-state index contributed by atoms with van der Waals surface area (Å²) in [6.45, 7) is 4.73. The number of hydrogen-bond acceptors (Lipinski definition) is 5. The summed E-state index contributed by atoms with van der Waals surface area (Å²) in [5.41, 5.74) is -3.03. The molecule has 16 heavy (non-hydrogen) atoms. The minimum absolute atomic E-state index is 0.263. The molecule has 0 aromatic carbocycles. The molecule has 92 valence electrons. The van der Waals surface area contributed by atoms with E-state index in [4.69, 9.17) is 4.74 Å². The Hall–Kier alpha value is -1.10. The summed E-state index contributed by atoms with van der Waals surface area (Å²) in [5, 5.41) is 10.1. The lowest BCUT2D eigenvalue weighted by Crippen LogP contribution is -2.56. The Morgan fingerprint density at radius 1 is 1.75 bits per heavy atom. The molecule has 0 aromatic heterocycles. The van der Waals surface area contributed by atoms with E-state index in [0.717, 1.165) is 0 Å². The van der Waals surface area contributed by atoms with Crippen molar-refractivity contribution in [2.24, 2.45) is 5.92 Å². The van der Waals surface area contributed by atoms with E-state index in [1.165, 1.54) is 14.0 Å². The molecule has 0 aliphatic carbocycles. The minimum atomic E-state index is -1.82. The topological polar surface area (TPSA) is 72.8 Å². The summed E-state index contributed by atoms with van der Waals surface area (Å²) in [6, 6.07) is 0. The number of methoxy groups -OCH3 is 1. The monoisotopic (exact) mass is 230 g/mol. The average molecular weight is 230 g/mol. The van der Waals surface area contributed by atoms with Gasteiger partial charge in [0.05, 0.1) is 13.0 Å². The first-order valence-corrected chi connectivity index (χ1v) is 5.32. The predicted molar refractivity (Wildman–Crippen MR) is 55.5 cm³/mol. The number of hydrogen-bond donors (Lipinski definition) is 1. The molecule has 1 aliphatic rings. The van der Waals surface area contributed by atoms with Crippen LogP contribution < -0.4 is 0 Å². The molecule has 1 N–H and O–H groups in total. The summed E-state index contributed by atoms with van der Waals surface area (Å²) < 4.78 is 9.67. The van der Waals surface area contributed by atoms with Crippen molar-refractivity contribution in [3.05, 3.63) is 0 Å². The van der Waals surface area contributed by atoms with Crippen LogP contribution in [0.5, 0.6) is 0 Å². The lowest BCUT2D eigenvalue weighted by Gasteiger charge is -2.35. The quantitative estimate of drug-likeness (QED) is 0.720. The van der Waals surface area contributed by atoms with Crippen LogP contribution in [0.15, 0.2) is 0 Å². The molecule has 0 radical (unpaired) electrons. The first kappa shape index (κ1) is 13.0. The molecule has 0 saturated carbocycles. The number of carbonyl (C=O) groups excluding carboxylic acids is 2. The van der Waals surface area contributed by atoms with E-state index >= 15 is 0 Å². The molecule has 1 fully saturated rings. The fourth-order valence-corrected chi connectivity index (χ4v) is 1.92. The van der Waals surface area contributed by atoms with E-state index in [1.54, 1.807) is 6.92 Å². The highest BCUT2D eigenvalue weighted by Gasteiger charge is 2.58. The van der Waals surface area contributed by atoms with Crippen molar-refractivity contribution in [3.63, 3.8) is 0 Å². The fraction of sp³-hybridized carbons (Fsp3) is 0.818. The Morgan fingerprint density at radius 2 is 2.31 bits per heavy atom. The number of esters is 2. The average Bonchev–Trinajstić information content (AvgIpc) is 2.53. The van der Waals surface area contributed by atoms with Gasteiger partial charge in [-0.25, -0.2) is 4.79 Å². The summed E-state index contributed by atoms with van der Waals surface area (Å²) in [5.74, 6) is -1.42. The number of aliphatic hydroxyl groups is 1. The van der Waals surface area contributed by atoms with Gasteiger partial charge in [0.2, 0.25) is 0 Å². The maximum absolute atomic E-state index is 11.5. The molecular weight excluding hydrogens is 212 g/mol. The number of carbonyl (C=O) groups is 2. The maximum atomic E-state index is 11.5. The van der Waals surface area contributed by atoms with Crippen LogP contribution in [0.25, 0.3) is 0 Å². The van der Waals surface area contributed by atoms with Crippen LogP contribution in [0.4, 0.5) is 0 Å². The second-order valence-electron chi connectivity index (χ2n) is 4.53. The summed E-state index contributed by atoms with van der Waals surface area (Å²) in [4.78, 5) is 23.0. The molecule has 0 aromatic rings. The highest BCUT2D eigenvalue weighted by atomic mass is 16.6. The summed E-state index contributed by atoms with van der Waals surface area (Å²) >= 11 is 0. The van der Waals surface area contributed by atoms with Gasteiger partial charge in [-0.15, -0.1) is 0 Å². The molecule has 5 heteroatoms. The van der Waals surface area contributed by atoms with Crippen molar-refractivity contribution in [2.75, 3.05) is 7.11 Å². The van der Waals surface area contributed by atoms with Crippen LogP contribution in [-0.2, 0) is 19.1 Å². The molecular formula is C11H18O5. The van der Waals surface area contributed by atoms with Gasteiger partial charge in [-0.1, -0.05) is 6.92 Å². The van der Waals surface area contributed by atoms with E-state index in [-0.39, 0.29) is 11.9 Å². The molecule has 1 aliphatic heterocycles. The van der Waals surface area contributed by atoms with Crippen LogP contribution in [0.3, 0.4) is 0 Å². The Labute approximate surface area is 94.7 Å². The number of rotatable bonds is 3. The summed E-state index contributed by atoms with van der Waals surface area (Å²) in [6.07, 6.45) is 0.954. The lowest BCUT2D eigenvalue weighted by molar-refractivity contribution is -0.193. The third kappa shape index (κ3) is 1.80. The van der Waals surface area contributed by atoms with E-state index in [2.05, 4.69) is 4.74 Å². The van der Waals surface area contributed by atoms with Gasteiger partial charge in [0.25, 0.3) is 0 Å². The second kappa shape index (κ2) is 4.05. The second-order valence-corrected chi connectivity index (χ2v) is 4.53. The van der Waals surface area contributed by atoms with E-state index < -0.39 is 17.2 Å². The zero-order valence-electron chi connectivity index (χ0n) is 10.1. The Kier molecular flexibility index (Phi) is 3.28. The smallest absolute Gasteiger partial charge is 0.341 e. The van der Waals surface area contributed by atoms with Gasteiger partial charge in [-0.05, 0) is 20.3 Å². The van der Waals surface area contributed by atoms with Crippen LogP contribution in [0, 0.1) is 5.92 Å². The zero-order valence-corrected chi connectivity index (χ0v) is 10.1. The molecule has 1 rings (SSSR count). The number of cyclic esters (lactones) is 1. The van der Waals surface area contributed by atoms with Gasteiger partial charge >= 0.3 is 11.9 Å². The van der Waals surface area contributed by atoms with Crippen molar-refractivity contribution in [3.8, 4) is 0 Å². The molecule has 1 heterocycles. The molecule has 0 spiro atoms. The Bertz CT molecular complexity index is 309. The third-order valence-electron chi connectivity index (χ3n) is 3.40.